The number of rotatable bonds is 3. The summed E-state index contributed by atoms with van der Waals surface area (Å²) in [5.74, 6) is 2.72. The van der Waals surface area contributed by atoms with Crippen LogP contribution in [0.2, 0.25) is 0 Å². The lowest BCUT2D eigenvalue weighted by atomic mass is 9.92. The van der Waals surface area contributed by atoms with Gasteiger partial charge in [-0.05, 0) is 24.3 Å². The zero-order valence-electron chi connectivity index (χ0n) is 18.4. The second-order valence-corrected chi connectivity index (χ2v) is 9.93. The van der Waals surface area contributed by atoms with Crippen LogP contribution in [0.25, 0.3) is 5.65 Å². The van der Waals surface area contributed by atoms with Gasteiger partial charge in [-0.1, -0.05) is 41.5 Å². The molecule has 4 rings (SSSR count). The van der Waals surface area contributed by atoms with Crippen molar-refractivity contribution >= 4 is 17.3 Å². The van der Waals surface area contributed by atoms with E-state index in [0.29, 0.717) is 6.04 Å². The maximum Gasteiger partial charge on any atom is 0.178 e. The smallest absolute Gasteiger partial charge is 0.178 e. The molecule has 0 bridgehead atoms. The Morgan fingerprint density at radius 2 is 1.59 bits per heavy atom. The number of hydrogen-bond donors (Lipinski definition) is 0. The Labute approximate surface area is 172 Å². The fourth-order valence-corrected chi connectivity index (χ4v) is 3.40. The summed E-state index contributed by atoms with van der Waals surface area (Å²) in [6, 6.07) is 8.52. The monoisotopic (exact) mass is 394 g/mol. The highest BCUT2D eigenvalue weighted by Gasteiger charge is 2.33. The second-order valence-electron chi connectivity index (χ2n) is 9.93. The summed E-state index contributed by atoms with van der Waals surface area (Å²) in [6.07, 6.45) is 0. The van der Waals surface area contributed by atoms with E-state index in [9.17, 15) is 0 Å². The van der Waals surface area contributed by atoms with E-state index in [2.05, 4.69) is 90.9 Å². The Balaban J connectivity index is 1.47. The molecule has 8 heteroatoms. The molecular weight excluding hydrogens is 364 g/mol. The largest absolute Gasteiger partial charge is 0.352 e. The molecule has 1 fully saturated rings. The zero-order chi connectivity index (χ0) is 21.0. The summed E-state index contributed by atoms with van der Waals surface area (Å²) >= 11 is 0. The minimum atomic E-state index is -0.110. The predicted molar refractivity (Wildman–Crippen MR) is 115 cm³/mol. The van der Waals surface area contributed by atoms with Crippen molar-refractivity contribution in [2.24, 2.45) is 0 Å². The predicted octanol–water partition coefficient (Wildman–Crippen LogP) is 2.83. The number of hydrogen-bond acceptors (Lipinski definition) is 7. The molecule has 1 saturated heterocycles. The Kier molecular flexibility index (Phi) is 4.47. The lowest BCUT2D eigenvalue weighted by Crippen LogP contribution is -2.59. The van der Waals surface area contributed by atoms with Crippen LogP contribution in [0.3, 0.4) is 0 Å². The number of anilines is 2. The van der Waals surface area contributed by atoms with Gasteiger partial charge in [0.2, 0.25) is 0 Å². The first-order chi connectivity index (χ1) is 13.5. The summed E-state index contributed by atoms with van der Waals surface area (Å²) in [5, 5.41) is 22.2. The normalized spacial score (nSPS) is 15.6. The number of likely N-dealkylation sites (N-methyl/N-ethyl adjacent to an activating group) is 1. The van der Waals surface area contributed by atoms with Gasteiger partial charge in [-0.25, -0.2) is 0 Å². The molecule has 3 aromatic rings. The Morgan fingerprint density at radius 1 is 0.862 bits per heavy atom. The lowest BCUT2D eigenvalue weighted by molar-refractivity contribution is 0.480. The molecule has 1 aliphatic rings. The quantitative estimate of drug-likeness (QED) is 0.676. The molecule has 0 unspecified atom stereocenters. The van der Waals surface area contributed by atoms with Gasteiger partial charge in [-0.2, -0.15) is 9.61 Å². The van der Waals surface area contributed by atoms with E-state index in [-0.39, 0.29) is 10.8 Å². The number of fused-ring (bicyclic) bond motifs is 1. The molecule has 0 N–H and O–H groups in total. The van der Waals surface area contributed by atoms with Gasteiger partial charge in [0.1, 0.15) is 5.82 Å². The van der Waals surface area contributed by atoms with Crippen molar-refractivity contribution in [2.45, 2.75) is 58.4 Å². The van der Waals surface area contributed by atoms with E-state index in [1.54, 1.807) is 0 Å². The highest BCUT2D eigenvalue weighted by atomic mass is 15.4. The maximum absolute atomic E-state index is 4.80. The van der Waals surface area contributed by atoms with Crippen LogP contribution in [0.5, 0.6) is 0 Å². The van der Waals surface area contributed by atoms with Gasteiger partial charge in [0.05, 0.1) is 11.7 Å². The van der Waals surface area contributed by atoms with Crippen molar-refractivity contribution in [2.75, 3.05) is 29.9 Å². The van der Waals surface area contributed by atoms with Gasteiger partial charge >= 0.3 is 0 Å². The average Bonchev–Trinajstić information content (AvgIpc) is 3.03. The fourth-order valence-electron chi connectivity index (χ4n) is 3.40. The Morgan fingerprint density at radius 3 is 2.17 bits per heavy atom. The van der Waals surface area contributed by atoms with Crippen LogP contribution in [-0.4, -0.2) is 56.2 Å². The van der Waals surface area contributed by atoms with Crippen molar-refractivity contribution in [3.05, 3.63) is 35.8 Å². The molecule has 0 atom stereocenters. The third-order valence-corrected chi connectivity index (χ3v) is 5.43. The molecule has 1 aliphatic heterocycles. The SMILES string of the molecule is CN(c1ccc(C(C)(C)C)nn1)C1CN(c2ccc3nnc(C(C)(C)C)n3n2)C1. The van der Waals surface area contributed by atoms with Crippen LogP contribution in [0.1, 0.15) is 53.1 Å². The van der Waals surface area contributed by atoms with Gasteiger partial charge in [0.15, 0.2) is 17.3 Å². The number of nitrogens with zero attached hydrogens (tertiary/aromatic N) is 8. The fraction of sp³-hybridized carbons (Fsp3) is 0.571. The van der Waals surface area contributed by atoms with Crippen LogP contribution in [-0.2, 0) is 10.8 Å². The first-order valence-corrected chi connectivity index (χ1v) is 10.1. The van der Waals surface area contributed by atoms with Crippen molar-refractivity contribution in [1.29, 1.82) is 0 Å². The van der Waals surface area contributed by atoms with Crippen molar-refractivity contribution in [3.8, 4) is 0 Å². The van der Waals surface area contributed by atoms with Gasteiger partial charge in [0.25, 0.3) is 0 Å². The summed E-state index contributed by atoms with van der Waals surface area (Å²) in [4.78, 5) is 4.47. The third-order valence-electron chi connectivity index (χ3n) is 5.43. The Bertz CT molecular complexity index is 1000. The second kappa shape index (κ2) is 6.64. The standard InChI is InChI=1S/C21H30N8/c1-20(2,3)15-8-9-16(23-22-15)27(7)14-12-28(13-14)18-11-10-17-24-25-19(21(4,5)6)29(17)26-18/h8-11,14H,12-13H2,1-7H3. The molecule has 29 heavy (non-hydrogen) atoms. The van der Waals surface area contributed by atoms with E-state index in [1.165, 1.54) is 0 Å². The number of aromatic nitrogens is 6. The lowest BCUT2D eigenvalue weighted by Gasteiger charge is -2.44. The van der Waals surface area contributed by atoms with Crippen LogP contribution >= 0.6 is 0 Å². The van der Waals surface area contributed by atoms with E-state index in [4.69, 9.17) is 5.10 Å². The van der Waals surface area contributed by atoms with Crippen molar-refractivity contribution in [3.63, 3.8) is 0 Å². The van der Waals surface area contributed by atoms with Gasteiger partial charge in [-0.15, -0.1) is 20.4 Å². The molecule has 0 aliphatic carbocycles. The molecular formula is C21H30N8. The molecule has 4 heterocycles. The van der Waals surface area contributed by atoms with Crippen LogP contribution in [0.4, 0.5) is 11.6 Å². The van der Waals surface area contributed by atoms with Crippen molar-refractivity contribution < 1.29 is 0 Å². The van der Waals surface area contributed by atoms with Gasteiger partial charge < -0.3 is 9.80 Å². The molecule has 8 nitrogen and oxygen atoms in total. The molecule has 0 radical (unpaired) electrons. The zero-order valence-corrected chi connectivity index (χ0v) is 18.4. The van der Waals surface area contributed by atoms with Crippen LogP contribution in [0, 0.1) is 0 Å². The minimum absolute atomic E-state index is 0.00969. The summed E-state index contributed by atoms with van der Waals surface area (Å²) in [5.41, 5.74) is 1.68. The van der Waals surface area contributed by atoms with Gasteiger partial charge in [-0.3, -0.25) is 0 Å². The first-order valence-electron chi connectivity index (χ1n) is 10.1. The summed E-state index contributed by atoms with van der Waals surface area (Å²) in [7, 11) is 2.08. The van der Waals surface area contributed by atoms with Crippen LogP contribution < -0.4 is 9.80 Å². The summed E-state index contributed by atoms with van der Waals surface area (Å²) in [6.45, 7) is 14.6. The molecule has 0 saturated carbocycles. The molecule has 0 aromatic carbocycles. The van der Waals surface area contributed by atoms with Gasteiger partial charge in [0, 0.05) is 31.0 Å². The first kappa shape index (κ1) is 19.5. The molecule has 0 amide bonds. The topological polar surface area (TPSA) is 75.3 Å². The van der Waals surface area contributed by atoms with E-state index >= 15 is 0 Å². The summed E-state index contributed by atoms with van der Waals surface area (Å²) < 4.78 is 1.86. The maximum atomic E-state index is 4.80. The minimum Gasteiger partial charge on any atom is -0.352 e. The van der Waals surface area contributed by atoms with E-state index in [1.807, 2.05) is 16.6 Å². The highest BCUT2D eigenvalue weighted by Crippen LogP contribution is 2.27. The third kappa shape index (κ3) is 3.63. The highest BCUT2D eigenvalue weighted by molar-refractivity contribution is 5.51. The van der Waals surface area contributed by atoms with E-state index in [0.717, 1.165) is 41.9 Å². The average molecular weight is 395 g/mol. The van der Waals surface area contributed by atoms with Crippen LogP contribution in [0.15, 0.2) is 24.3 Å². The Hall–Kier alpha value is -2.77. The van der Waals surface area contributed by atoms with Crippen molar-refractivity contribution in [1.82, 2.24) is 30.0 Å². The van der Waals surface area contributed by atoms with E-state index < -0.39 is 0 Å². The molecule has 0 spiro atoms. The molecule has 3 aromatic heterocycles. The molecule has 154 valence electrons.